The van der Waals surface area contributed by atoms with Crippen molar-refractivity contribution < 1.29 is 9.21 Å². The molecule has 4 heteroatoms. The van der Waals surface area contributed by atoms with Crippen LogP contribution in [-0.4, -0.2) is 11.3 Å². The van der Waals surface area contributed by atoms with Crippen molar-refractivity contribution in [3.63, 3.8) is 0 Å². The van der Waals surface area contributed by atoms with Gasteiger partial charge < -0.3 is 9.32 Å². The van der Waals surface area contributed by atoms with Crippen LogP contribution in [0.4, 0.5) is 0 Å². The largest absolute Gasteiger partial charge is 0.467 e. The predicted molar refractivity (Wildman–Crippen MR) is 58.3 cm³/mol. The summed E-state index contributed by atoms with van der Waals surface area (Å²) in [6.45, 7) is 1.16. The topological polar surface area (TPSA) is 33.5 Å². The molecule has 0 unspecified atom stereocenters. The van der Waals surface area contributed by atoms with E-state index in [1.807, 2.05) is 29.6 Å². The van der Waals surface area contributed by atoms with Crippen molar-refractivity contribution in [2.45, 2.75) is 13.1 Å². The Morgan fingerprint density at radius 3 is 2.87 bits per heavy atom. The fourth-order valence-electron chi connectivity index (χ4n) is 1.34. The average Bonchev–Trinajstić information content (AvgIpc) is 2.89. The van der Waals surface area contributed by atoms with Crippen LogP contribution in [0.2, 0.25) is 0 Å². The number of carbonyl (C=O) groups excluding carboxylic acids is 1. The van der Waals surface area contributed by atoms with E-state index in [0.29, 0.717) is 13.1 Å². The van der Waals surface area contributed by atoms with Crippen molar-refractivity contribution in [1.82, 2.24) is 4.90 Å². The third-order valence-corrected chi connectivity index (χ3v) is 2.89. The van der Waals surface area contributed by atoms with Crippen molar-refractivity contribution in [2.24, 2.45) is 0 Å². The van der Waals surface area contributed by atoms with Crippen LogP contribution in [0.5, 0.6) is 0 Å². The molecular formula is C11H11NO2S. The zero-order valence-electron chi connectivity index (χ0n) is 8.13. The highest BCUT2D eigenvalue weighted by molar-refractivity contribution is 7.09. The molecule has 0 saturated heterocycles. The molecule has 1 amide bonds. The molecule has 0 aliphatic heterocycles. The molecule has 0 aliphatic carbocycles. The van der Waals surface area contributed by atoms with Gasteiger partial charge in [0.2, 0.25) is 6.41 Å². The molecule has 2 aromatic rings. The molecule has 2 heterocycles. The van der Waals surface area contributed by atoms with E-state index in [1.165, 1.54) is 4.88 Å². The standard InChI is InChI=1S/C11H11NO2S/c13-9-12(7-10-3-1-5-14-10)8-11-4-2-6-15-11/h1-6,9H,7-8H2. The molecule has 0 bridgehead atoms. The molecule has 0 radical (unpaired) electrons. The highest BCUT2D eigenvalue weighted by Gasteiger charge is 2.06. The van der Waals surface area contributed by atoms with E-state index < -0.39 is 0 Å². The minimum Gasteiger partial charge on any atom is -0.467 e. The van der Waals surface area contributed by atoms with Gasteiger partial charge in [0.1, 0.15) is 5.76 Å². The molecule has 0 spiro atoms. The van der Waals surface area contributed by atoms with Crippen molar-refractivity contribution in [2.75, 3.05) is 0 Å². The molecule has 0 N–H and O–H groups in total. The lowest BCUT2D eigenvalue weighted by atomic mass is 10.4. The Hall–Kier alpha value is -1.55. The number of amides is 1. The van der Waals surface area contributed by atoms with Crippen LogP contribution < -0.4 is 0 Å². The number of carbonyl (C=O) groups is 1. The van der Waals surface area contributed by atoms with Crippen LogP contribution in [0.25, 0.3) is 0 Å². The van der Waals surface area contributed by atoms with Gasteiger partial charge in [-0.05, 0) is 23.6 Å². The number of nitrogens with zero attached hydrogens (tertiary/aromatic N) is 1. The fraction of sp³-hybridized carbons (Fsp3) is 0.182. The molecule has 78 valence electrons. The van der Waals surface area contributed by atoms with Crippen molar-refractivity contribution in [3.8, 4) is 0 Å². The maximum absolute atomic E-state index is 10.8. The van der Waals surface area contributed by atoms with E-state index in [9.17, 15) is 4.79 Å². The van der Waals surface area contributed by atoms with Gasteiger partial charge in [0.25, 0.3) is 0 Å². The number of hydrogen-bond donors (Lipinski definition) is 0. The molecule has 0 fully saturated rings. The van der Waals surface area contributed by atoms with Crippen molar-refractivity contribution in [3.05, 3.63) is 46.5 Å². The summed E-state index contributed by atoms with van der Waals surface area (Å²) in [6, 6.07) is 7.69. The Kier molecular flexibility index (Phi) is 3.19. The number of furan rings is 1. The molecule has 2 rings (SSSR count). The van der Waals surface area contributed by atoms with E-state index in [4.69, 9.17) is 4.42 Å². The first-order valence-electron chi connectivity index (χ1n) is 4.62. The van der Waals surface area contributed by atoms with E-state index in [2.05, 4.69) is 0 Å². The maximum atomic E-state index is 10.8. The first-order chi connectivity index (χ1) is 7.38. The fourth-order valence-corrected chi connectivity index (χ4v) is 2.07. The average molecular weight is 221 g/mol. The lowest BCUT2D eigenvalue weighted by Gasteiger charge is -2.14. The zero-order valence-corrected chi connectivity index (χ0v) is 8.94. The second kappa shape index (κ2) is 4.79. The van der Waals surface area contributed by atoms with Gasteiger partial charge in [-0.25, -0.2) is 0 Å². The van der Waals surface area contributed by atoms with E-state index in [1.54, 1.807) is 22.5 Å². The van der Waals surface area contributed by atoms with Crippen LogP contribution in [0.15, 0.2) is 40.3 Å². The lowest BCUT2D eigenvalue weighted by molar-refractivity contribution is -0.119. The molecule has 15 heavy (non-hydrogen) atoms. The third kappa shape index (κ3) is 2.70. The predicted octanol–water partition coefficient (Wildman–Crippen LogP) is 2.50. The van der Waals surface area contributed by atoms with Crippen LogP contribution in [0, 0.1) is 0 Å². The minimum absolute atomic E-state index is 0.522. The molecule has 3 nitrogen and oxygen atoms in total. The summed E-state index contributed by atoms with van der Waals surface area (Å²) in [6.07, 6.45) is 2.46. The first kappa shape index (κ1) is 9.98. The second-order valence-electron chi connectivity index (χ2n) is 3.17. The van der Waals surface area contributed by atoms with Gasteiger partial charge in [0.15, 0.2) is 0 Å². The number of hydrogen-bond acceptors (Lipinski definition) is 3. The summed E-state index contributed by atoms with van der Waals surface area (Å²) in [5, 5.41) is 2.01. The Morgan fingerprint density at radius 1 is 1.33 bits per heavy atom. The maximum Gasteiger partial charge on any atom is 0.210 e. The van der Waals surface area contributed by atoms with Gasteiger partial charge >= 0.3 is 0 Å². The SMILES string of the molecule is O=CN(Cc1ccco1)Cc1cccs1. The monoisotopic (exact) mass is 221 g/mol. The van der Waals surface area contributed by atoms with Gasteiger partial charge in [-0.2, -0.15) is 0 Å². The van der Waals surface area contributed by atoms with Crippen LogP contribution in [-0.2, 0) is 17.9 Å². The summed E-state index contributed by atoms with van der Waals surface area (Å²) >= 11 is 1.65. The van der Waals surface area contributed by atoms with E-state index >= 15 is 0 Å². The van der Waals surface area contributed by atoms with Gasteiger partial charge in [0.05, 0.1) is 19.4 Å². The quantitative estimate of drug-likeness (QED) is 0.727. The molecule has 0 atom stereocenters. The van der Waals surface area contributed by atoms with Crippen LogP contribution in [0.3, 0.4) is 0 Å². The lowest BCUT2D eigenvalue weighted by Crippen LogP contribution is -2.19. The highest BCUT2D eigenvalue weighted by atomic mass is 32.1. The van der Waals surface area contributed by atoms with E-state index in [-0.39, 0.29) is 0 Å². The number of rotatable bonds is 5. The van der Waals surface area contributed by atoms with E-state index in [0.717, 1.165) is 12.2 Å². The molecule has 2 aromatic heterocycles. The Morgan fingerprint density at radius 2 is 2.27 bits per heavy atom. The van der Waals surface area contributed by atoms with Crippen LogP contribution in [0.1, 0.15) is 10.6 Å². The Labute approximate surface area is 91.9 Å². The summed E-state index contributed by atoms with van der Waals surface area (Å²) in [4.78, 5) is 13.7. The summed E-state index contributed by atoms with van der Waals surface area (Å²) in [5.74, 6) is 0.804. The summed E-state index contributed by atoms with van der Waals surface area (Å²) in [7, 11) is 0. The summed E-state index contributed by atoms with van der Waals surface area (Å²) in [5.41, 5.74) is 0. The highest BCUT2D eigenvalue weighted by Crippen LogP contribution is 2.13. The number of thiophene rings is 1. The molecule has 0 aromatic carbocycles. The zero-order chi connectivity index (χ0) is 10.5. The first-order valence-corrected chi connectivity index (χ1v) is 5.50. The van der Waals surface area contributed by atoms with Gasteiger partial charge in [0, 0.05) is 4.88 Å². The van der Waals surface area contributed by atoms with Crippen LogP contribution >= 0.6 is 11.3 Å². The normalized spacial score (nSPS) is 10.1. The Bertz CT molecular complexity index is 358. The summed E-state index contributed by atoms with van der Waals surface area (Å²) < 4.78 is 5.19. The molecular weight excluding hydrogens is 210 g/mol. The Balaban J connectivity index is 1.96. The smallest absolute Gasteiger partial charge is 0.210 e. The van der Waals surface area contributed by atoms with Crippen molar-refractivity contribution in [1.29, 1.82) is 0 Å². The van der Waals surface area contributed by atoms with Gasteiger partial charge in [-0.3, -0.25) is 4.79 Å². The minimum atomic E-state index is 0.522. The van der Waals surface area contributed by atoms with Crippen molar-refractivity contribution >= 4 is 17.7 Å². The molecule has 0 aliphatic rings. The van der Waals surface area contributed by atoms with Gasteiger partial charge in [-0.1, -0.05) is 6.07 Å². The second-order valence-corrected chi connectivity index (χ2v) is 4.20. The third-order valence-electron chi connectivity index (χ3n) is 2.03. The van der Waals surface area contributed by atoms with Gasteiger partial charge in [-0.15, -0.1) is 11.3 Å². The molecule has 0 saturated carbocycles.